The summed E-state index contributed by atoms with van der Waals surface area (Å²) in [6.07, 6.45) is 1.37. The molecule has 100 valence electrons. The van der Waals surface area contributed by atoms with Crippen molar-refractivity contribution in [2.75, 3.05) is 5.73 Å². The number of nitrogens with one attached hydrogen (secondary N) is 1. The Morgan fingerprint density at radius 3 is 2.53 bits per heavy atom. The van der Waals surface area contributed by atoms with Gasteiger partial charge >= 0.3 is 0 Å². The van der Waals surface area contributed by atoms with E-state index in [2.05, 4.69) is 9.71 Å². The molecule has 1 heterocycles. The first-order chi connectivity index (χ1) is 8.99. The zero-order chi connectivity index (χ0) is 13.9. The molecule has 3 N–H and O–H groups in total. The molecule has 0 aliphatic carbocycles. The van der Waals surface area contributed by atoms with Gasteiger partial charge in [-0.1, -0.05) is 30.3 Å². The average molecular weight is 277 g/mol. The molecular weight excluding hydrogens is 262 g/mol. The number of nitrogens with zero attached hydrogens (tertiary/aromatic N) is 1. The van der Waals surface area contributed by atoms with Crippen LogP contribution in [0.1, 0.15) is 18.5 Å². The van der Waals surface area contributed by atoms with Crippen LogP contribution in [-0.2, 0) is 10.0 Å². The van der Waals surface area contributed by atoms with Crippen LogP contribution in [0.4, 0.5) is 5.82 Å². The van der Waals surface area contributed by atoms with Gasteiger partial charge in [0.1, 0.15) is 5.82 Å². The Balaban J connectivity index is 2.23. The minimum absolute atomic E-state index is 0.114. The van der Waals surface area contributed by atoms with Gasteiger partial charge in [0, 0.05) is 18.3 Å². The largest absolute Gasteiger partial charge is 0.384 e. The second kappa shape index (κ2) is 5.38. The SMILES string of the molecule is CC(NS(=O)(=O)c1ccnc(N)c1)c1ccccc1. The van der Waals surface area contributed by atoms with Crippen molar-refractivity contribution >= 4 is 15.8 Å². The highest BCUT2D eigenvalue weighted by atomic mass is 32.2. The van der Waals surface area contributed by atoms with Crippen molar-refractivity contribution in [3.8, 4) is 0 Å². The van der Waals surface area contributed by atoms with E-state index in [4.69, 9.17) is 5.73 Å². The van der Waals surface area contributed by atoms with Crippen LogP contribution in [0.15, 0.2) is 53.6 Å². The monoisotopic (exact) mass is 277 g/mol. The van der Waals surface area contributed by atoms with Gasteiger partial charge in [-0.05, 0) is 18.6 Å². The predicted molar refractivity (Wildman–Crippen MR) is 73.8 cm³/mol. The summed E-state index contributed by atoms with van der Waals surface area (Å²) in [6.45, 7) is 1.79. The summed E-state index contributed by atoms with van der Waals surface area (Å²) in [5, 5.41) is 0. The molecular formula is C13H15N3O2S. The second-order valence-electron chi connectivity index (χ2n) is 4.17. The van der Waals surface area contributed by atoms with Crippen LogP contribution in [0.3, 0.4) is 0 Å². The number of sulfonamides is 1. The van der Waals surface area contributed by atoms with Crippen molar-refractivity contribution in [1.82, 2.24) is 9.71 Å². The summed E-state index contributed by atoms with van der Waals surface area (Å²) >= 11 is 0. The number of rotatable bonds is 4. The smallest absolute Gasteiger partial charge is 0.241 e. The molecule has 0 saturated carbocycles. The molecule has 1 unspecified atom stereocenters. The molecule has 2 rings (SSSR count). The van der Waals surface area contributed by atoms with E-state index in [0.717, 1.165) is 5.56 Å². The van der Waals surface area contributed by atoms with Gasteiger partial charge in [0.15, 0.2) is 0 Å². The molecule has 6 heteroatoms. The topological polar surface area (TPSA) is 85.1 Å². The first kappa shape index (κ1) is 13.5. The van der Waals surface area contributed by atoms with Crippen molar-refractivity contribution in [1.29, 1.82) is 0 Å². The average Bonchev–Trinajstić information content (AvgIpc) is 2.39. The zero-order valence-corrected chi connectivity index (χ0v) is 11.3. The lowest BCUT2D eigenvalue weighted by Gasteiger charge is -2.14. The van der Waals surface area contributed by atoms with Crippen LogP contribution in [0.5, 0.6) is 0 Å². The fraction of sp³-hybridized carbons (Fsp3) is 0.154. The molecule has 1 aromatic heterocycles. The van der Waals surface area contributed by atoms with Gasteiger partial charge in [0.25, 0.3) is 0 Å². The van der Waals surface area contributed by atoms with Crippen LogP contribution < -0.4 is 10.5 Å². The van der Waals surface area contributed by atoms with Crippen LogP contribution in [-0.4, -0.2) is 13.4 Å². The number of hydrogen-bond donors (Lipinski definition) is 2. The lowest BCUT2D eigenvalue weighted by atomic mass is 10.1. The molecule has 1 aromatic carbocycles. The standard InChI is InChI=1S/C13H15N3O2S/c1-10(11-5-3-2-4-6-11)16-19(17,18)12-7-8-15-13(14)9-12/h2-10,16H,1H3,(H2,14,15). The lowest BCUT2D eigenvalue weighted by molar-refractivity contribution is 0.567. The van der Waals surface area contributed by atoms with Crippen molar-refractivity contribution in [2.24, 2.45) is 0 Å². The molecule has 1 atom stereocenters. The third-order valence-electron chi connectivity index (χ3n) is 2.69. The number of benzene rings is 1. The van der Waals surface area contributed by atoms with E-state index in [1.807, 2.05) is 30.3 Å². The fourth-order valence-corrected chi connectivity index (χ4v) is 2.96. The summed E-state index contributed by atoms with van der Waals surface area (Å²) in [6, 6.07) is 11.8. The van der Waals surface area contributed by atoms with Crippen molar-refractivity contribution in [3.63, 3.8) is 0 Å². The quantitative estimate of drug-likeness (QED) is 0.890. The van der Waals surface area contributed by atoms with Gasteiger partial charge in [-0.15, -0.1) is 0 Å². The third kappa shape index (κ3) is 3.30. The highest BCUT2D eigenvalue weighted by Gasteiger charge is 2.18. The normalized spacial score (nSPS) is 13.1. The minimum atomic E-state index is -3.60. The summed E-state index contributed by atoms with van der Waals surface area (Å²) < 4.78 is 27.0. The van der Waals surface area contributed by atoms with E-state index >= 15 is 0 Å². The Morgan fingerprint density at radius 2 is 1.89 bits per heavy atom. The Kier molecular flexibility index (Phi) is 3.82. The Morgan fingerprint density at radius 1 is 1.21 bits per heavy atom. The molecule has 19 heavy (non-hydrogen) atoms. The van der Waals surface area contributed by atoms with Crippen molar-refractivity contribution in [3.05, 3.63) is 54.2 Å². The number of anilines is 1. The zero-order valence-electron chi connectivity index (χ0n) is 10.4. The molecule has 2 aromatic rings. The van der Waals surface area contributed by atoms with Crippen LogP contribution in [0.25, 0.3) is 0 Å². The molecule has 0 bridgehead atoms. The summed E-state index contributed by atoms with van der Waals surface area (Å²) in [4.78, 5) is 3.89. The number of nitrogen functional groups attached to an aromatic ring is 1. The fourth-order valence-electron chi connectivity index (χ4n) is 1.71. The van der Waals surface area contributed by atoms with E-state index in [-0.39, 0.29) is 16.8 Å². The first-order valence-corrected chi connectivity index (χ1v) is 7.26. The molecule has 0 fully saturated rings. The van der Waals surface area contributed by atoms with Gasteiger partial charge in [-0.25, -0.2) is 18.1 Å². The third-order valence-corrected chi connectivity index (χ3v) is 4.23. The van der Waals surface area contributed by atoms with E-state index in [0.29, 0.717) is 0 Å². The number of pyridine rings is 1. The second-order valence-corrected chi connectivity index (χ2v) is 5.88. The lowest BCUT2D eigenvalue weighted by Crippen LogP contribution is -2.27. The van der Waals surface area contributed by atoms with Crippen LogP contribution in [0, 0.1) is 0 Å². The number of aromatic nitrogens is 1. The summed E-state index contributed by atoms with van der Waals surface area (Å²) in [5.74, 6) is 0.176. The Labute approximate surface area is 112 Å². The molecule has 0 spiro atoms. The molecule has 5 nitrogen and oxygen atoms in total. The van der Waals surface area contributed by atoms with Gasteiger partial charge in [-0.3, -0.25) is 0 Å². The van der Waals surface area contributed by atoms with Gasteiger partial charge in [0.05, 0.1) is 4.90 Å². The van der Waals surface area contributed by atoms with Crippen molar-refractivity contribution in [2.45, 2.75) is 17.9 Å². The van der Waals surface area contributed by atoms with E-state index in [1.165, 1.54) is 18.3 Å². The van der Waals surface area contributed by atoms with Gasteiger partial charge < -0.3 is 5.73 Å². The molecule has 0 radical (unpaired) electrons. The van der Waals surface area contributed by atoms with Gasteiger partial charge in [0.2, 0.25) is 10.0 Å². The maximum atomic E-state index is 12.2. The van der Waals surface area contributed by atoms with Crippen LogP contribution in [0.2, 0.25) is 0 Å². The predicted octanol–water partition coefficient (Wildman–Crippen LogP) is 1.70. The number of hydrogen-bond acceptors (Lipinski definition) is 4. The number of nitrogens with two attached hydrogens (primary N) is 1. The minimum Gasteiger partial charge on any atom is -0.384 e. The van der Waals surface area contributed by atoms with E-state index in [1.54, 1.807) is 6.92 Å². The van der Waals surface area contributed by atoms with E-state index < -0.39 is 10.0 Å². The highest BCUT2D eigenvalue weighted by molar-refractivity contribution is 7.89. The molecule has 0 saturated heterocycles. The van der Waals surface area contributed by atoms with Crippen LogP contribution >= 0.6 is 0 Å². The molecule has 0 aliphatic rings. The molecule has 0 amide bonds. The summed E-state index contributed by atoms with van der Waals surface area (Å²) in [5.41, 5.74) is 6.39. The first-order valence-electron chi connectivity index (χ1n) is 5.78. The molecule has 0 aliphatic heterocycles. The summed E-state index contributed by atoms with van der Waals surface area (Å²) in [7, 11) is -3.60. The maximum absolute atomic E-state index is 12.2. The van der Waals surface area contributed by atoms with E-state index in [9.17, 15) is 8.42 Å². The Bertz CT molecular complexity index is 657. The maximum Gasteiger partial charge on any atom is 0.241 e. The van der Waals surface area contributed by atoms with Crippen molar-refractivity contribution < 1.29 is 8.42 Å². The highest BCUT2D eigenvalue weighted by Crippen LogP contribution is 2.17. The Hall–Kier alpha value is -1.92. The van der Waals surface area contributed by atoms with Gasteiger partial charge in [-0.2, -0.15) is 0 Å².